The molecule has 1 aromatic rings. The molecular weight excluding hydrogens is 336 g/mol. The predicted molar refractivity (Wildman–Crippen MR) is 95.9 cm³/mol. The lowest BCUT2D eigenvalue weighted by molar-refractivity contribution is -0.127. The number of hydrogen-bond acceptors (Lipinski definition) is 5. The molecule has 2 aliphatic carbocycles. The number of alkyl carbamates (subject to hydrolysis) is 1. The molecule has 2 aliphatic rings. The van der Waals surface area contributed by atoms with Crippen molar-refractivity contribution in [1.29, 1.82) is 0 Å². The minimum Gasteiger partial charge on any atom is -0.446 e. The van der Waals surface area contributed by atoms with Crippen LogP contribution in [-0.2, 0) is 14.3 Å². The van der Waals surface area contributed by atoms with Gasteiger partial charge in [0.1, 0.15) is 6.10 Å². The van der Waals surface area contributed by atoms with Crippen LogP contribution in [0, 0.1) is 5.92 Å². The molecule has 0 spiro atoms. The van der Waals surface area contributed by atoms with Gasteiger partial charge in [0.2, 0.25) is 5.91 Å². The summed E-state index contributed by atoms with van der Waals surface area (Å²) < 4.78 is 10.7. The van der Waals surface area contributed by atoms with E-state index in [0.717, 1.165) is 37.8 Å². The zero-order chi connectivity index (χ0) is 18.7. The van der Waals surface area contributed by atoms with Gasteiger partial charge in [0.05, 0.1) is 6.10 Å². The fourth-order valence-electron chi connectivity index (χ4n) is 3.56. The van der Waals surface area contributed by atoms with E-state index in [1.54, 1.807) is 7.11 Å². The summed E-state index contributed by atoms with van der Waals surface area (Å²) in [7, 11) is 1.67. The molecule has 2 amide bonds. The highest BCUT2D eigenvalue weighted by Gasteiger charge is 2.35. The highest BCUT2D eigenvalue weighted by atomic mass is 16.6. The number of nitrogens with one attached hydrogen (secondary N) is 3. The fraction of sp³-hybridized carbons (Fsp3) is 0.722. The van der Waals surface area contributed by atoms with Gasteiger partial charge in [-0.25, -0.2) is 4.79 Å². The van der Waals surface area contributed by atoms with Crippen LogP contribution in [0.3, 0.4) is 0 Å². The third kappa shape index (κ3) is 4.55. The first-order valence-electron chi connectivity index (χ1n) is 9.30. The Morgan fingerprint density at radius 3 is 2.69 bits per heavy atom. The third-order valence-corrected chi connectivity index (χ3v) is 5.15. The number of carbonyl (C=O) groups excluding carboxylic acids is 2. The number of amides is 2. The van der Waals surface area contributed by atoms with Crippen molar-refractivity contribution >= 4 is 17.8 Å². The molecule has 0 aliphatic heterocycles. The maximum Gasteiger partial charge on any atom is 0.407 e. The van der Waals surface area contributed by atoms with Crippen molar-refractivity contribution in [3.05, 3.63) is 11.8 Å². The van der Waals surface area contributed by atoms with Crippen LogP contribution in [0.1, 0.15) is 57.6 Å². The minimum absolute atomic E-state index is 0.00355. The maximum atomic E-state index is 12.2. The van der Waals surface area contributed by atoms with E-state index in [0.29, 0.717) is 5.82 Å². The first-order valence-corrected chi connectivity index (χ1v) is 9.30. The Bertz CT molecular complexity index is 639. The van der Waals surface area contributed by atoms with Gasteiger partial charge in [0, 0.05) is 36.7 Å². The van der Waals surface area contributed by atoms with Crippen LogP contribution in [0.4, 0.5) is 10.6 Å². The summed E-state index contributed by atoms with van der Waals surface area (Å²) in [6, 6.07) is 1.94. The smallest absolute Gasteiger partial charge is 0.407 e. The first kappa shape index (κ1) is 18.7. The van der Waals surface area contributed by atoms with Crippen LogP contribution in [0.25, 0.3) is 0 Å². The highest BCUT2D eigenvalue weighted by molar-refractivity contribution is 5.92. The van der Waals surface area contributed by atoms with Crippen LogP contribution in [0.15, 0.2) is 6.07 Å². The lowest BCUT2D eigenvalue weighted by atomic mass is 9.81. The summed E-state index contributed by atoms with van der Waals surface area (Å²) in [6.07, 6.45) is 3.80. The largest absolute Gasteiger partial charge is 0.446 e. The first-order chi connectivity index (χ1) is 12.4. The zero-order valence-corrected chi connectivity index (χ0v) is 15.6. The van der Waals surface area contributed by atoms with E-state index in [9.17, 15) is 9.59 Å². The summed E-state index contributed by atoms with van der Waals surface area (Å²) in [6.45, 7) is 3.80. The van der Waals surface area contributed by atoms with Crippen LogP contribution < -0.4 is 10.6 Å². The molecule has 2 saturated carbocycles. The van der Waals surface area contributed by atoms with Crippen molar-refractivity contribution in [3.63, 3.8) is 0 Å². The standard InChI is InChI=1S/C18H28N4O4/c1-10(2)19-18(24)26-13-5-4-11(6-13)15-9-16(22-21-15)20-17(23)12-7-14(8-12)25-3/h9-14H,4-8H2,1-3H3,(H,19,24)(H2,20,21,22,23)/t11-,12-,13+,14-/m0/s1. The van der Waals surface area contributed by atoms with Crippen LogP contribution >= 0.6 is 0 Å². The molecule has 0 saturated heterocycles. The molecule has 0 aromatic carbocycles. The van der Waals surface area contributed by atoms with Gasteiger partial charge in [0.25, 0.3) is 0 Å². The molecule has 3 N–H and O–H groups in total. The van der Waals surface area contributed by atoms with Crippen molar-refractivity contribution in [1.82, 2.24) is 15.5 Å². The van der Waals surface area contributed by atoms with Crippen molar-refractivity contribution in [2.24, 2.45) is 5.92 Å². The van der Waals surface area contributed by atoms with Gasteiger partial charge in [-0.15, -0.1) is 0 Å². The van der Waals surface area contributed by atoms with Crippen molar-refractivity contribution < 1.29 is 19.1 Å². The quantitative estimate of drug-likeness (QED) is 0.719. The second kappa shape index (κ2) is 8.07. The molecule has 0 radical (unpaired) electrons. The molecule has 0 bridgehead atoms. The molecule has 144 valence electrons. The Morgan fingerprint density at radius 2 is 2.00 bits per heavy atom. The SMILES string of the molecule is CO[C@H]1C[C@H](C(=O)Nc2cc([C@H]3CC[C@@H](OC(=O)NC(C)C)C3)[nH]n2)C1. The van der Waals surface area contributed by atoms with E-state index in [2.05, 4.69) is 20.8 Å². The Morgan fingerprint density at radius 1 is 1.23 bits per heavy atom. The number of rotatable bonds is 6. The van der Waals surface area contributed by atoms with Gasteiger partial charge in [-0.1, -0.05) is 0 Å². The Hall–Kier alpha value is -2.09. The Labute approximate surface area is 153 Å². The normalized spacial score (nSPS) is 27.8. The number of anilines is 1. The summed E-state index contributed by atoms with van der Waals surface area (Å²) >= 11 is 0. The number of H-pyrrole nitrogens is 1. The second-order valence-electron chi connectivity index (χ2n) is 7.56. The fourth-order valence-corrected chi connectivity index (χ4v) is 3.56. The van der Waals surface area contributed by atoms with Crippen molar-refractivity contribution in [2.75, 3.05) is 12.4 Å². The number of hydrogen-bond donors (Lipinski definition) is 3. The molecule has 1 aromatic heterocycles. The van der Waals surface area contributed by atoms with Crippen LogP contribution in [0.2, 0.25) is 0 Å². The molecule has 0 unspecified atom stereocenters. The van der Waals surface area contributed by atoms with E-state index in [1.807, 2.05) is 19.9 Å². The number of carbonyl (C=O) groups is 2. The van der Waals surface area contributed by atoms with Crippen molar-refractivity contribution in [2.45, 2.75) is 70.1 Å². The summed E-state index contributed by atoms with van der Waals surface area (Å²) in [5.74, 6) is 0.803. The average molecular weight is 364 g/mol. The van der Waals surface area contributed by atoms with Crippen LogP contribution in [-0.4, -0.2) is 47.6 Å². The minimum atomic E-state index is -0.363. The zero-order valence-electron chi connectivity index (χ0n) is 15.6. The monoisotopic (exact) mass is 364 g/mol. The van der Waals surface area contributed by atoms with E-state index < -0.39 is 0 Å². The summed E-state index contributed by atoms with van der Waals surface area (Å²) in [5, 5.41) is 12.8. The van der Waals surface area contributed by atoms with Crippen LogP contribution in [0.5, 0.6) is 0 Å². The summed E-state index contributed by atoms with van der Waals surface area (Å²) in [4.78, 5) is 23.9. The molecular formula is C18H28N4O4. The van der Waals surface area contributed by atoms with E-state index in [-0.39, 0.29) is 42.1 Å². The van der Waals surface area contributed by atoms with Gasteiger partial charge in [-0.2, -0.15) is 5.10 Å². The third-order valence-electron chi connectivity index (χ3n) is 5.15. The predicted octanol–water partition coefficient (Wildman–Crippen LogP) is 2.54. The van der Waals surface area contributed by atoms with Gasteiger partial charge in [-0.3, -0.25) is 9.89 Å². The number of ether oxygens (including phenoxy) is 2. The molecule has 8 heteroatoms. The summed E-state index contributed by atoms with van der Waals surface area (Å²) in [5.41, 5.74) is 0.971. The van der Waals surface area contributed by atoms with E-state index >= 15 is 0 Å². The van der Waals surface area contributed by atoms with Gasteiger partial charge >= 0.3 is 6.09 Å². The Kier molecular flexibility index (Phi) is 5.80. The molecule has 3 rings (SSSR count). The van der Waals surface area contributed by atoms with Gasteiger partial charge in [0.15, 0.2) is 5.82 Å². The van der Waals surface area contributed by atoms with Gasteiger partial charge < -0.3 is 20.1 Å². The number of aromatic amines is 1. The Balaban J connectivity index is 1.46. The lowest BCUT2D eigenvalue weighted by Gasteiger charge is -2.32. The number of nitrogens with zero attached hydrogens (tertiary/aromatic N) is 1. The highest BCUT2D eigenvalue weighted by Crippen LogP contribution is 2.36. The van der Waals surface area contributed by atoms with E-state index in [4.69, 9.17) is 9.47 Å². The topological polar surface area (TPSA) is 105 Å². The maximum absolute atomic E-state index is 12.2. The molecule has 8 nitrogen and oxygen atoms in total. The molecule has 1 heterocycles. The lowest BCUT2D eigenvalue weighted by Crippen LogP contribution is -2.38. The average Bonchev–Trinajstić information content (AvgIpc) is 3.14. The number of methoxy groups -OCH3 is 1. The number of aromatic nitrogens is 2. The second-order valence-corrected chi connectivity index (χ2v) is 7.56. The van der Waals surface area contributed by atoms with Crippen molar-refractivity contribution in [3.8, 4) is 0 Å². The molecule has 2 atom stereocenters. The van der Waals surface area contributed by atoms with E-state index in [1.165, 1.54) is 0 Å². The molecule has 26 heavy (non-hydrogen) atoms. The van der Waals surface area contributed by atoms with Gasteiger partial charge in [-0.05, 0) is 46.0 Å². The molecule has 2 fully saturated rings.